The van der Waals surface area contributed by atoms with Crippen molar-refractivity contribution in [1.82, 2.24) is 0 Å². The van der Waals surface area contributed by atoms with Crippen molar-refractivity contribution in [2.24, 2.45) is 11.8 Å². The summed E-state index contributed by atoms with van der Waals surface area (Å²) in [5.74, 6) is -2.02. The number of carbonyl (C=O) groups excluding carboxylic acids is 3. The van der Waals surface area contributed by atoms with Crippen molar-refractivity contribution in [3.8, 4) is 0 Å². The first-order valence-corrected chi connectivity index (χ1v) is 10.4. The first kappa shape index (κ1) is 19.1. The van der Waals surface area contributed by atoms with E-state index in [0.29, 0.717) is 16.3 Å². The Labute approximate surface area is 179 Å². The summed E-state index contributed by atoms with van der Waals surface area (Å²) in [5, 5.41) is 0.497. The van der Waals surface area contributed by atoms with Crippen LogP contribution < -0.4 is 9.80 Å². The van der Waals surface area contributed by atoms with E-state index < -0.39 is 17.9 Å². The Balaban J connectivity index is 1.64. The van der Waals surface area contributed by atoms with E-state index >= 15 is 0 Å². The molecule has 0 unspecified atom stereocenters. The third kappa shape index (κ3) is 2.45. The number of halogens is 1. The highest BCUT2D eigenvalue weighted by Crippen LogP contribution is 2.49. The van der Waals surface area contributed by atoms with Crippen LogP contribution in [0.25, 0.3) is 6.08 Å². The second kappa shape index (κ2) is 6.54. The molecular weight excluding hydrogens is 400 g/mol. The maximum Gasteiger partial charge on any atom is 0.240 e. The largest absolute Gasteiger partial charge is 0.353 e. The zero-order chi connectivity index (χ0) is 21.3. The van der Waals surface area contributed by atoms with Crippen LogP contribution in [0.15, 0.2) is 42.5 Å². The molecule has 5 rings (SSSR count). The summed E-state index contributed by atoms with van der Waals surface area (Å²) in [7, 11) is 0. The molecule has 2 amide bonds. The number of anilines is 2. The Hall–Kier alpha value is -2.92. The fourth-order valence-electron chi connectivity index (χ4n) is 5.23. The number of rotatable bonds is 2. The highest BCUT2D eigenvalue weighted by Gasteiger charge is 2.63. The van der Waals surface area contributed by atoms with Gasteiger partial charge >= 0.3 is 0 Å². The van der Waals surface area contributed by atoms with E-state index in [-0.39, 0.29) is 23.6 Å². The molecule has 5 nitrogen and oxygen atoms in total. The van der Waals surface area contributed by atoms with Gasteiger partial charge in [0.05, 0.1) is 23.6 Å². The van der Waals surface area contributed by atoms with Crippen molar-refractivity contribution in [1.29, 1.82) is 0 Å². The molecule has 30 heavy (non-hydrogen) atoms. The van der Waals surface area contributed by atoms with Gasteiger partial charge in [-0.2, -0.15) is 0 Å². The molecule has 0 aromatic heterocycles. The lowest BCUT2D eigenvalue weighted by Crippen LogP contribution is -2.48. The van der Waals surface area contributed by atoms with Gasteiger partial charge in [-0.1, -0.05) is 41.4 Å². The molecule has 2 aromatic rings. The van der Waals surface area contributed by atoms with Crippen LogP contribution in [-0.4, -0.2) is 29.7 Å². The van der Waals surface area contributed by atoms with E-state index in [0.717, 1.165) is 16.8 Å². The van der Waals surface area contributed by atoms with E-state index in [9.17, 15) is 14.4 Å². The average Bonchev–Trinajstić information content (AvgIpc) is 3.17. The van der Waals surface area contributed by atoms with E-state index in [2.05, 4.69) is 6.07 Å². The summed E-state index contributed by atoms with van der Waals surface area (Å²) in [4.78, 5) is 43.1. The first-order chi connectivity index (χ1) is 14.3. The fraction of sp³-hybridized carbons (Fsp3) is 0.292. The summed E-state index contributed by atoms with van der Waals surface area (Å²) in [6, 6.07) is 10.2. The van der Waals surface area contributed by atoms with Gasteiger partial charge in [0.25, 0.3) is 0 Å². The van der Waals surface area contributed by atoms with Crippen LogP contribution >= 0.6 is 11.6 Å². The summed E-state index contributed by atoms with van der Waals surface area (Å²) >= 11 is 6.24. The number of hydrogen-bond acceptors (Lipinski definition) is 4. The van der Waals surface area contributed by atoms with Gasteiger partial charge in [-0.25, -0.2) is 4.90 Å². The van der Waals surface area contributed by atoms with Gasteiger partial charge in [-0.15, -0.1) is 0 Å². The molecule has 3 heterocycles. The molecule has 0 bridgehead atoms. The number of nitrogens with zero attached hydrogens (tertiary/aromatic N) is 2. The Morgan fingerprint density at radius 2 is 1.73 bits per heavy atom. The predicted molar refractivity (Wildman–Crippen MR) is 117 cm³/mol. The molecule has 3 aliphatic heterocycles. The number of fused-ring (bicyclic) bond motifs is 5. The maximum absolute atomic E-state index is 13.5. The van der Waals surface area contributed by atoms with E-state index in [1.807, 2.05) is 36.1 Å². The zero-order valence-corrected chi connectivity index (χ0v) is 17.7. The van der Waals surface area contributed by atoms with Crippen LogP contribution in [0.2, 0.25) is 5.02 Å². The van der Waals surface area contributed by atoms with E-state index in [4.69, 9.17) is 11.6 Å². The highest BCUT2D eigenvalue weighted by atomic mass is 35.5. The minimum absolute atomic E-state index is 0.111. The molecule has 4 atom stereocenters. The monoisotopic (exact) mass is 420 g/mol. The quantitative estimate of drug-likeness (QED) is 0.690. The van der Waals surface area contributed by atoms with Crippen LogP contribution in [0, 0.1) is 25.7 Å². The number of hydrogen-bond donors (Lipinski definition) is 0. The van der Waals surface area contributed by atoms with Crippen molar-refractivity contribution in [2.45, 2.75) is 32.9 Å². The molecule has 0 aliphatic carbocycles. The Morgan fingerprint density at radius 1 is 1.00 bits per heavy atom. The molecule has 3 aliphatic rings. The zero-order valence-electron chi connectivity index (χ0n) is 16.9. The van der Waals surface area contributed by atoms with Gasteiger partial charge in [0, 0.05) is 10.7 Å². The van der Waals surface area contributed by atoms with E-state index in [1.165, 1.54) is 11.8 Å². The predicted octanol–water partition coefficient (Wildman–Crippen LogP) is 3.94. The van der Waals surface area contributed by atoms with Gasteiger partial charge in [0.2, 0.25) is 11.8 Å². The normalized spacial score (nSPS) is 26.7. The summed E-state index contributed by atoms with van der Waals surface area (Å²) in [5.41, 5.74) is 4.19. The Kier molecular flexibility index (Phi) is 4.16. The lowest BCUT2D eigenvalue weighted by molar-refractivity contribution is -0.126. The van der Waals surface area contributed by atoms with Crippen molar-refractivity contribution in [3.63, 3.8) is 0 Å². The number of imide groups is 1. The van der Waals surface area contributed by atoms with Crippen LogP contribution in [0.3, 0.4) is 0 Å². The topological polar surface area (TPSA) is 57.7 Å². The molecule has 0 N–H and O–H groups in total. The van der Waals surface area contributed by atoms with Crippen LogP contribution in [-0.2, 0) is 14.4 Å². The lowest BCUT2D eigenvalue weighted by Gasteiger charge is -2.36. The molecule has 152 valence electrons. The minimum atomic E-state index is -0.713. The van der Waals surface area contributed by atoms with Crippen molar-refractivity contribution >= 4 is 46.6 Å². The number of ketones is 1. The summed E-state index contributed by atoms with van der Waals surface area (Å²) < 4.78 is 0. The second-order valence-electron chi connectivity index (χ2n) is 8.32. The fourth-order valence-corrected chi connectivity index (χ4v) is 5.40. The van der Waals surface area contributed by atoms with Gasteiger partial charge in [-0.05, 0) is 56.2 Å². The molecule has 0 radical (unpaired) electrons. The van der Waals surface area contributed by atoms with Gasteiger partial charge in [0.15, 0.2) is 5.78 Å². The Morgan fingerprint density at radius 3 is 2.47 bits per heavy atom. The molecule has 6 heteroatoms. The maximum atomic E-state index is 13.5. The summed E-state index contributed by atoms with van der Waals surface area (Å²) in [6.07, 6.45) is 3.95. The minimum Gasteiger partial charge on any atom is -0.353 e. The third-order valence-electron chi connectivity index (χ3n) is 6.56. The van der Waals surface area contributed by atoms with E-state index in [1.54, 1.807) is 25.1 Å². The number of amides is 2. The number of carbonyl (C=O) groups is 3. The SMILES string of the molecule is CC(=O)[C@H]1[C@H]2C(=O)N(c3cccc(Cl)c3C)C(=O)[C@@H]2[C@H]2C=Cc3cc(C)ccc3N21. The molecule has 2 saturated heterocycles. The number of aryl methyl sites for hydroxylation is 1. The highest BCUT2D eigenvalue weighted by molar-refractivity contribution is 6.32. The van der Waals surface area contributed by atoms with Crippen molar-refractivity contribution in [3.05, 3.63) is 64.2 Å². The number of benzene rings is 2. The van der Waals surface area contributed by atoms with Crippen molar-refractivity contribution in [2.75, 3.05) is 9.80 Å². The number of Topliss-reactive ketones (excluding diaryl/α,β-unsaturated/α-hetero) is 1. The molecule has 0 saturated carbocycles. The lowest BCUT2D eigenvalue weighted by atomic mass is 9.88. The summed E-state index contributed by atoms with van der Waals surface area (Å²) in [6.45, 7) is 5.31. The van der Waals surface area contributed by atoms with Crippen LogP contribution in [0.1, 0.15) is 23.6 Å². The molecular formula is C24H21ClN2O3. The standard InChI is InChI=1S/C24H21ClN2O3/c1-12-7-9-18-15(11-12)8-10-19-20-21(22(14(3)28)26(18)19)24(30)27(23(20)29)17-6-4-5-16(25)13(17)2/h4-11,19-22H,1-3H3/t19-,20-,21+,22+/m1/s1. The van der Waals surface area contributed by atoms with Crippen LogP contribution in [0.5, 0.6) is 0 Å². The molecule has 2 fully saturated rings. The molecule has 0 spiro atoms. The van der Waals surface area contributed by atoms with Gasteiger partial charge in [0.1, 0.15) is 6.04 Å². The van der Waals surface area contributed by atoms with Gasteiger partial charge < -0.3 is 4.90 Å². The van der Waals surface area contributed by atoms with Gasteiger partial charge in [-0.3, -0.25) is 14.4 Å². The average molecular weight is 421 g/mol. The third-order valence-corrected chi connectivity index (χ3v) is 6.97. The van der Waals surface area contributed by atoms with Crippen molar-refractivity contribution < 1.29 is 14.4 Å². The van der Waals surface area contributed by atoms with Crippen LogP contribution in [0.4, 0.5) is 11.4 Å². The first-order valence-electron chi connectivity index (χ1n) is 10.0. The smallest absolute Gasteiger partial charge is 0.240 e. The second-order valence-corrected chi connectivity index (χ2v) is 8.73. The Bertz CT molecular complexity index is 1160. The molecule has 2 aromatic carbocycles.